The molecule has 12 heteroatoms. The van der Waals surface area contributed by atoms with Crippen LogP contribution in [0.2, 0.25) is 0 Å². The molecule has 4 N–H and O–H groups in total. The van der Waals surface area contributed by atoms with Crippen LogP contribution in [0.4, 0.5) is 15.0 Å². The van der Waals surface area contributed by atoms with Crippen LogP contribution in [-0.4, -0.2) is 59.8 Å². The SMILES string of the molecule is Nc1ncnc2c1c(-c1ccc(CNC(=O)c3ncccc3F)cc1)nn2[C@@H]1CCCN(C(=O)O)C1. The van der Waals surface area contributed by atoms with Crippen molar-refractivity contribution >= 4 is 28.9 Å². The van der Waals surface area contributed by atoms with E-state index in [0.717, 1.165) is 24.0 Å². The second-order valence-corrected chi connectivity index (χ2v) is 8.49. The van der Waals surface area contributed by atoms with Gasteiger partial charge < -0.3 is 21.1 Å². The van der Waals surface area contributed by atoms with Crippen molar-refractivity contribution in [1.29, 1.82) is 0 Å². The van der Waals surface area contributed by atoms with Gasteiger partial charge in [-0.15, -0.1) is 0 Å². The number of anilines is 1. The normalized spacial score (nSPS) is 15.7. The van der Waals surface area contributed by atoms with E-state index in [0.29, 0.717) is 29.8 Å². The van der Waals surface area contributed by atoms with Crippen LogP contribution < -0.4 is 11.1 Å². The summed E-state index contributed by atoms with van der Waals surface area (Å²) < 4.78 is 15.5. The number of carbonyl (C=O) groups is 2. The Morgan fingerprint density at radius 2 is 1.97 bits per heavy atom. The fourth-order valence-electron chi connectivity index (χ4n) is 4.38. The van der Waals surface area contributed by atoms with E-state index in [1.54, 1.807) is 4.68 Å². The van der Waals surface area contributed by atoms with Gasteiger partial charge in [0.2, 0.25) is 0 Å². The first kappa shape index (κ1) is 23.1. The van der Waals surface area contributed by atoms with Crippen molar-refractivity contribution in [3.8, 4) is 11.3 Å². The minimum atomic E-state index is -0.959. The third-order valence-electron chi connectivity index (χ3n) is 6.19. The summed E-state index contributed by atoms with van der Waals surface area (Å²) in [5, 5.41) is 17.5. The smallest absolute Gasteiger partial charge is 0.407 e. The summed E-state index contributed by atoms with van der Waals surface area (Å²) in [5.41, 5.74) is 8.62. The number of nitrogens with zero attached hydrogens (tertiary/aromatic N) is 6. The number of hydrogen-bond donors (Lipinski definition) is 3. The number of amides is 2. The second-order valence-electron chi connectivity index (χ2n) is 8.49. The van der Waals surface area contributed by atoms with Gasteiger partial charge in [-0.1, -0.05) is 24.3 Å². The number of nitrogen functional groups attached to an aromatic ring is 1. The van der Waals surface area contributed by atoms with Crippen molar-refractivity contribution < 1.29 is 19.1 Å². The van der Waals surface area contributed by atoms with Gasteiger partial charge in [-0.05, 0) is 30.5 Å². The molecule has 1 saturated heterocycles. The summed E-state index contributed by atoms with van der Waals surface area (Å²) in [7, 11) is 0. The molecule has 1 atom stereocenters. The van der Waals surface area contributed by atoms with Crippen LogP contribution in [0.1, 0.15) is 34.9 Å². The van der Waals surface area contributed by atoms with Crippen LogP contribution in [-0.2, 0) is 6.54 Å². The molecule has 1 aliphatic heterocycles. The topological polar surface area (TPSA) is 152 Å². The number of likely N-dealkylation sites (tertiary alicyclic amines) is 1. The molecule has 0 unspecified atom stereocenters. The Kier molecular flexibility index (Phi) is 6.15. The van der Waals surface area contributed by atoms with Crippen LogP contribution in [0.25, 0.3) is 22.3 Å². The molecule has 1 fully saturated rings. The number of hydrogen-bond acceptors (Lipinski definition) is 7. The van der Waals surface area contributed by atoms with Crippen molar-refractivity contribution in [2.75, 3.05) is 18.8 Å². The minimum Gasteiger partial charge on any atom is -0.465 e. The average Bonchev–Trinajstić information content (AvgIpc) is 3.29. The van der Waals surface area contributed by atoms with Gasteiger partial charge in [0.15, 0.2) is 17.2 Å². The standard InChI is InChI=1S/C24H23FN8O3/c25-17-4-1-9-27-20(17)23(34)28-11-14-5-7-15(8-6-14)19-18-21(26)29-13-30-22(18)33(31-19)16-3-2-10-32(12-16)24(35)36/h1,4-9,13,16H,2-3,10-12H2,(H,28,34)(H,35,36)(H2,26,29,30)/t16-/m1/s1. The maximum absolute atomic E-state index is 13.8. The van der Waals surface area contributed by atoms with Crippen molar-refractivity contribution in [3.05, 3.63) is 66.0 Å². The van der Waals surface area contributed by atoms with Crippen molar-refractivity contribution in [3.63, 3.8) is 0 Å². The minimum absolute atomic E-state index is 0.179. The number of piperidine rings is 1. The Morgan fingerprint density at radius 1 is 1.17 bits per heavy atom. The average molecular weight is 490 g/mol. The molecule has 1 aromatic carbocycles. The molecule has 0 aliphatic carbocycles. The van der Waals surface area contributed by atoms with E-state index in [-0.39, 0.29) is 24.1 Å². The Morgan fingerprint density at radius 3 is 2.72 bits per heavy atom. The van der Waals surface area contributed by atoms with Gasteiger partial charge in [-0.2, -0.15) is 5.10 Å². The Balaban J connectivity index is 1.40. The highest BCUT2D eigenvalue weighted by atomic mass is 19.1. The van der Waals surface area contributed by atoms with Gasteiger partial charge in [0, 0.05) is 31.4 Å². The summed E-state index contributed by atoms with van der Waals surface area (Å²) in [6, 6.07) is 9.75. The van der Waals surface area contributed by atoms with E-state index >= 15 is 0 Å². The highest BCUT2D eigenvalue weighted by Crippen LogP contribution is 2.33. The van der Waals surface area contributed by atoms with Crippen molar-refractivity contribution in [2.24, 2.45) is 0 Å². The Hall–Kier alpha value is -4.61. The zero-order chi connectivity index (χ0) is 25.2. The lowest BCUT2D eigenvalue weighted by molar-refractivity contribution is 0.0941. The summed E-state index contributed by atoms with van der Waals surface area (Å²) in [6.07, 6.45) is 3.25. The van der Waals surface area contributed by atoms with E-state index in [4.69, 9.17) is 10.8 Å². The molecule has 2 amide bonds. The predicted octanol–water partition coefficient (Wildman–Crippen LogP) is 2.85. The molecular weight excluding hydrogens is 467 g/mol. The number of benzene rings is 1. The third-order valence-corrected chi connectivity index (χ3v) is 6.19. The van der Waals surface area contributed by atoms with Crippen molar-refractivity contribution in [2.45, 2.75) is 25.4 Å². The number of fused-ring (bicyclic) bond motifs is 1. The van der Waals surface area contributed by atoms with Gasteiger partial charge in [-0.25, -0.2) is 28.8 Å². The number of rotatable bonds is 5. The van der Waals surface area contributed by atoms with Gasteiger partial charge in [0.05, 0.1) is 11.4 Å². The summed E-state index contributed by atoms with van der Waals surface area (Å²) in [5.74, 6) is -1.01. The Bertz CT molecular complexity index is 1440. The van der Waals surface area contributed by atoms with E-state index in [1.165, 1.54) is 29.6 Å². The molecule has 184 valence electrons. The number of carboxylic acid groups (broad SMARTS) is 1. The Labute approximate surface area is 204 Å². The first-order valence-corrected chi connectivity index (χ1v) is 11.4. The maximum atomic E-state index is 13.8. The van der Waals surface area contributed by atoms with Crippen LogP contribution in [0.5, 0.6) is 0 Å². The highest BCUT2D eigenvalue weighted by molar-refractivity contribution is 5.98. The largest absolute Gasteiger partial charge is 0.465 e. The molecule has 11 nitrogen and oxygen atoms in total. The number of nitrogens with two attached hydrogens (primary N) is 1. The zero-order valence-electron chi connectivity index (χ0n) is 19.1. The molecule has 0 saturated carbocycles. The van der Waals surface area contributed by atoms with Crippen LogP contribution in [0.15, 0.2) is 48.9 Å². The van der Waals surface area contributed by atoms with Gasteiger partial charge in [-0.3, -0.25) is 4.79 Å². The van der Waals surface area contributed by atoms with Crippen LogP contribution in [0, 0.1) is 5.82 Å². The second kappa shape index (κ2) is 9.56. The molecule has 1 aliphatic rings. The molecule has 4 heterocycles. The number of halogens is 1. The van der Waals surface area contributed by atoms with E-state index < -0.39 is 17.8 Å². The number of carbonyl (C=O) groups excluding carboxylic acids is 1. The summed E-state index contributed by atoms with van der Waals surface area (Å²) in [4.78, 5) is 37.4. The number of aromatic nitrogens is 5. The first-order chi connectivity index (χ1) is 17.4. The maximum Gasteiger partial charge on any atom is 0.407 e. The number of nitrogens with one attached hydrogen (secondary N) is 1. The molecule has 0 radical (unpaired) electrons. The van der Waals surface area contributed by atoms with Crippen molar-refractivity contribution in [1.82, 2.24) is 34.9 Å². The third kappa shape index (κ3) is 4.40. The van der Waals surface area contributed by atoms with Crippen LogP contribution in [0.3, 0.4) is 0 Å². The molecule has 0 bridgehead atoms. The van der Waals surface area contributed by atoms with Gasteiger partial charge in [0.25, 0.3) is 5.91 Å². The molecule has 5 rings (SSSR count). The quantitative estimate of drug-likeness (QED) is 0.386. The van der Waals surface area contributed by atoms with E-state index in [9.17, 15) is 19.1 Å². The van der Waals surface area contributed by atoms with Gasteiger partial charge >= 0.3 is 6.09 Å². The molecule has 4 aromatic rings. The lowest BCUT2D eigenvalue weighted by atomic mass is 10.1. The lowest BCUT2D eigenvalue weighted by Crippen LogP contribution is -2.40. The van der Waals surface area contributed by atoms with Gasteiger partial charge in [0.1, 0.15) is 17.8 Å². The number of pyridine rings is 1. The van der Waals surface area contributed by atoms with E-state index in [2.05, 4.69) is 20.3 Å². The molecule has 0 spiro atoms. The fraction of sp³-hybridized carbons (Fsp3) is 0.250. The highest BCUT2D eigenvalue weighted by Gasteiger charge is 2.28. The summed E-state index contributed by atoms with van der Waals surface area (Å²) >= 11 is 0. The first-order valence-electron chi connectivity index (χ1n) is 11.4. The molecular formula is C24H23FN8O3. The summed E-state index contributed by atoms with van der Waals surface area (Å²) in [6.45, 7) is 0.980. The lowest BCUT2D eigenvalue weighted by Gasteiger charge is -2.30. The molecule has 36 heavy (non-hydrogen) atoms. The zero-order valence-corrected chi connectivity index (χ0v) is 19.1. The van der Waals surface area contributed by atoms with E-state index in [1.807, 2.05) is 24.3 Å². The monoisotopic (exact) mass is 490 g/mol. The van der Waals surface area contributed by atoms with Crippen LogP contribution >= 0.6 is 0 Å². The fourth-order valence-corrected chi connectivity index (χ4v) is 4.38. The predicted molar refractivity (Wildman–Crippen MR) is 128 cm³/mol. The molecule has 3 aromatic heterocycles.